The smallest absolute Gasteiger partial charge is 0.0331 e. The number of hydrogen-bond acceptors (Lipinski definition) is 0. The van der Waals surface area contributed by atoms with Crippen molar-refractivity contribution in [2.75, 3.05) is 0 Å². The number of rotatable bonds is 5. The fourth-order valence-corrected chi connectivity index (χ4v) is 1.65. The van der Waals surface area contributed by atoms with Crippen LogP contribution in [0, 0.1) is 10.8 Å². The van der Waals surface area contributed by atoms with Gasteiger partial charge in [-0.2, -0.15) is 0 Å². The van der Waals surface area contributed by atoms with Crippen LogP contribution in [0.15, 0.2) is 0 Å². The first-order chi connectivity index (χ1) is 5.83. The van der Waals surface area contributed by atoms with Gasteiger partial charge in [-0.25, -0.2) is 0 Å². The van der Waals surface area contributed by atoms with E-state index in [1.807, 2.05) is 0 Å². The van der Waals surface area contributed by atoms with E-state index in [-0.39, 0.29) is 0 Å². The molecule has 0 rings (SSSR count). The summed E-state index contributed by atoms with van der Waals surface area (Å²) in [7, 11) is 0. The maximum absolute atomic E-state index is 2.43. The minimum atomic E-state index is 0.516. The molecule has 0 saturated heterocycles. The second kappa shape index (κ2) is 5.02. The van der Waals surface area contributed by atoms with Crippen molar-refractivity contribution in [3.05, 3.63) is 0 Å². The van der Waals surface area contributed by atoms with E-state index in [0.717, 1.165) is 0 Å². The summed E-state index contributed by atoms with van der Waals surface area (Å²) in [6.45, 7) is 14.1. The van der Waals surface area contributed by atoms with Crippen molar-refractivity contribution in [2.24, 2.45) is 10.8 Å². The lowest BCUT2D eigenvalue weighted by Crippen LogP contribution is -2.15. The Morgan fingerprint density at radius 3 is 1.54 bits per heavy atom. The van der Waals surface area contributed by atoms with E-state index >= 15 is 0 Å². The van der Waals surface area contributed by atoms with Gasteiger partial charge < -0.3 is 0 Å². The molecule has 0 heteroatoms. The second-order valence-corrected chi connectivity index (χ2v) is 5.93. The molecule has 0 aliphatic rings. The highest BCUT2D eigenvalue weighted by atomic mass is 14.3. The van der Waals surface area contributed by atoms with Gasteiger partial charge in [-0.05, 0) is 23.7 Å². The molecule has 80 valence electrons. The van der Waals surface area contributed by atoms with E-state index in [1.54, 1.807) is 0 Å². The van der Waals surface area contributed by atoms with Crippen LogP contribution in [0.25, 0.3) is 0 Å². The van der Waals surface area contributed by atoms with Crippen LogP contribution >= 0.6 is 0 Å². The second-order valence-electron chi connectivity index (χ2n) is 5.93. The van der Waals surface area contributed by atoms with Gasteiger partial charge in [0, 0.05) is 0 Å². The minimum Gasteiger partial charge on any atom is -0.0649 e. The van der Waals surface area contributed by atoms with Crippen LogP contribution < -0.4 is 0 Å². The van der Waals surface area contributed by atoms with Gasteiger partial charge >= 0.3 is 0 Å². The summed E-state index contributed by atoms with van der Waals surface area (Å²) in [5.74, 6) is 0. The quantitative estimate of drug-likeness (QED) is 0.562. The van der Waals surface area contributed by atoms with Gasteiger partial charge in [-0.3, -0.25) is 0 Å². The zero-order chi connectivity index (χ0) is 10.5. The maximum Gasteiger partial charge on any atom is -0.0331 e. The van der Waals surface area contributed by atoms with Crippen molar-refractivity contribution >= 4 is 0 Å². The van der Waals surface area contributed by atoms with Crippen molar-refractivity contribution in [1.29, 1.82) is 0 Å². The molecule has 0 bridgehead atoms. The van der Waals surface area contributed by atoms with Crippen LogP contribution in [0.3, 0.4) is 0 Å². The molecule has 0 saturated carbocycles. The molecule has 0 atom stereocenters. The van der Waals surface area contributed by atoms with Crippen molar-refractivity contribution in [2.45, 2.75) is 73.6 Å². The van der Waals surface area contributed by atoms with Gasteiger partial charge in [0.25, 0.3) is 0 Å². The third kappa shape index (κ3) is 6.12. The van der Waals surface area contributed by atoms with E-state index in [0.29, 0.717) is 10.8 Å². The lowest BCUT2D eigenvalue weighted by atomic mass is 9.78. The Hall–Kier alpha value is 0. The first-order valence-electron chi connectivity index (χ1n) is 5.83. The highest BCUT2D eigenvalue weighted by Crippen LogP contribution is 2.33. The maximum atomic E-state index is 2.43. The van der Waals surface area contributed by atoms with E-state index in [9.17, 15) is 0 Å². The summed E-state index contributed by atoms with van der Waals surface area (Å²) in [6.07, 6.45) is 6.81. The average Bonchev–Trinajstić information content (AvgIpc) is 2.02. The van der Waals surface area contributed by atoms with Gasteiger partial charge in [0.2, 0.25) is 0 Å². The molecule has 0 aliphatic carbocycles. The highest BCUT2D eigenvalue weighted by molar-refractivity contribution is 4.72. The van der Waals surface area contributed by atoms with Crippen LogP contribution in [0.1, 0.15) is 73.6 Å². The first kappa shape index (κ1) is 13.0. The topological polar surface area (TPSA) is 0 Å². The van der Waals surface area contributed by atoms with Crippen LogP contribution in [0.5, 0.6) is 0 Å². The molecule has 0 aromatic carbocycles. The number of hydrogen-bond donors (Lipinski definition) is 0. The summed E-state index contributed by atoms with van der Waals surface area (Å²) in [5, 5.41) is 0. The lowest BCUT2D eigenvalue weighted by molar-refractivity contribution is 0.241. The summed E-state index contributed by atoms with van der Waals surface area (Å²) in [5.41, 5.74) is 1.12. The Labute approximate surface area is 85.1 Å². The molecule has 13 heavy (non-hydrogen) atoms. The summed E-state index contributed by atoms with van der Waals surface area (Å²) in [6, 6.07) is 0. The fourth-order valence-electron chi connectivity index (χ4n) is 1.65. The zero-order valence-electron chi connectivity index (χ0n) is 10.5. The van der Waals surface area contributed by atoms with Crippen LogP contribution in [-0.2, 0) is 0 Å². The van der Waals surface area contributed by atoms with Crippen LogP contribution in [0.4, 0.5) is 0 Å². The minimum absolute atomic E-state index is 0.516. The predicted octanol–water partition coefficient (Wildman–Crippen LogP) is 5.03. The fraction of sp³-hybridized carbons (Fsp3) is 1.00. The van der Waals surface area contributed by atoms with Crippen molar-refractivity contribution < 1.29 is 0 Å². The molecule has 0 N–H and O–H groups in total. The van der Waals surface area contributed by atoms with Crippen molar-refractivity contribution in [1.82, 2.24) is 0 Å². The molecule has 0 unspecified atom stereocenters. The summed E-state index contributed by atoms with van der Waals surface area (Å²) in [4.78, 5) is 0. The van der Waals surface area contributed by atoms with E-state index in [2.05, 4.69) is 41.5 Å². The molecule has 0 aliphatic heterocycles. The van der Waals surface area contributed by atoms with Gasteiger partial charge in [0.05, 0.1) is 0 Å². The predicted molar refractivity (Wildman–Crippen MR) is 62.0 cm³/mol. The van der Waals surface area contributed by atoms with Gasteiger partial charge in [-0.1, -0.05) is 60.8 Å². The third-order valence-corrected chi connectivity index (χ3v) is 3.41. The van der Waals surface area contributed by atoms with Gasteiger partial charge in [0.15, 0.2) is 0 Å². The largest absolute Gasteiger partial charge is 0.0649 e. The van der Waals surface area contributed by atoms with Crippen LogP contribution in [-0.4, -0.2) is 0 Å². The van der Waals surface area contributed by atoms with E-state index < -0.39 is 0 Å². The lowest BCUT2D eigenvalue weighted by Gasteiger charge is -2.28. The van der Waals surface area contributed by atoms with Crippen molar-refractivity contribution in [3.8, 4) is 0 Å². The molecule has 0 nitrogen and oxygen atoms in total. The Kier molecular flexibility index (Phi) is 5.02. The molecular formula is C13H28. The van der Waals surface area contributed by atoms with Crippen LogP contribution in [0.2, 0.25) is 0 Å². The molecule has 0 aromatic heterocycles. The third-order valence-electron chi connectivity index (χ3n) is 3.41. The van der Waals surface area contributed by atoms with E-state index in [1.165, 1.54) is 32.1 Å². The van der Waals surface area contributed by atoms with Gasteiger partial charge in [-0.15, -0.1) is 0 Å². The van der Waals surface area contributed by atoms with E-state index in [4.69, 9.17) is 0 Å². The highest BCUT2D eigenvalue weighted by Gasteiger charge is 2.20. The first-order valence-corrected chi connectivity index (χ1v) is 5.83. The molecule has 0 aromatic rings. The molecule has 0 radical (unpaired) electrons. The van der Waals surface area contributed by atoms with Gasteiger partial charge in [0.1, 0.15) is 0 Å². The Bertz CT molecular complexity index is 123. The standard InChI is InChI=1S/C13H28/c1-7-13(6,8-2)11-9-10-12(3,4)5/h7-11H2,1-6H3. The zero-order valence-corrected chi connectivity index (χ0v) is 10.5. The van der Waals surface area contributed by atoms with Crippen molar-refractivity contribution in [3.63, 3.8) is 0 Å². The normalized spacial score (nSPS) is 13.4. The Balaban J connectivity index is 3.74. The molecule has 0 spiro atoms. The Morgan fingerprint density at radius 1 is 0.769 bits per heavy atom. The summed E-state index contributed by atoms with van der Waals surface area (Å²) < 4.78 is 0. The average molecular weight is 184 g/mol. The SMILES string of the molecule is CCC(C)(CC)CCCC(C)(C)C. The molecule has 0 heterocycles. The summed E-state index contributed by atoms with van der Waals surface area (Å²) >= 11 is 0. The molecule has 0 fully saturated rings. The molecular weight excluding hydrogens is 156 g/mol. The monoisotopic (exact) mass is 184 g/mol. The Morgan fingerprint density at radius 2 is 1.23 bits per heavy atom. The molecule has 0 amide bonds.